The molecule has 9 heteroatoms. The van der Waals surface area contributed by atoms with Crippen molar-refractivity contribution in [2.45, 2.75) is 38.8 Å². The Morgan fingerprint density at radius 2 is 1.82 bits per heavy atom. The molecule has 1 atom stereocenters. The Morgan fingerprint density at radius 1 is 1.06 bits per heavy atom. The predicted octanol–water partition coefficient (Wildman–Crippen LogP) is 3.13. The van der Waals surface area contributed by atoms with E-state index in [4.69, 9.17) is 4.74 Å². The molecule has 2 heterocycles. The highest BCUT2D eigenvalue weighted by molar-refractivity contribution is 6.38. The van der Waals surface area contributed by atoms with Gasteiger partial charge in [-0.2, -0.15) is 5.10 Å². The molecule has 0 spiro atoms. The smallest absolute Gasteiger partial charge is 0.354 e. The average molecular weight is 464 g/mol. The molecule has 2 N–H and O–H groups in total. The van der Waals surface area contributed by atoms with Crippen LogP contribution in [0.4, 0.5) is 16.2 Å². The van der Waals surface area contributed by atoms with Crippen LogP contribution in [0.15, 0.2) is 59.7 Å². The van der Waals surface area contributed by atoms with Crippen LogP contribution in [0.5, 0.6) is 0 Å². The summed E-state index contributed by atoms with van der Waals surface area (Å²) in [4.78, 5) is 39.5. The minimum absolute atomic E-state index is 0.105. The van der Waals surface area contributed by atoms with Gasteiger partial charge in [0, 0.05) is 31.7 Å². The van der Waals surface area contributed by atoms with Gasteiger partial charge in [0.1, 0.15) is 11.8 Å². The van der Waals surface area contributed by atoms with Crippen molar-refractivity contribution in [2.75, 3.05) is 30.0 Å². The number of esters is 1. The van der Waals surface area contributed by atoms with E-state index in [1.807, 2.05) is 54.6 Å². The van der Waals surface area contributed by atoms with Gasteiger partial charge in [0.05, 0.1) is 12.3 Å². The summed E-state index contributed by atoms with van der Waals surface area (Å²) in [5.41, 5.74) is 2.47. The van der Waals surface area contributed by atoms with E-state index in [-0.39, 0.29) is 37.2 Å². The Balaban J connectivity index is 1.40. The monoisotopic (exact) mass is 463 g/mol. The molecule has 1 fully saturated rings. The highest BCUT2D eigenvalue weighted by Crippen LogP contribution is 2.25. The number of carbonyl (C=O) groups excluding carboxylic acids is 3. The van der Waals surface area contributed by atoms with E-state index in [9.17, 15) is 14.4 Å². The van der Waals surface area contributed by atoms with Crippen molar-refractivity contribution in [3.8, 4) is 0 Å². The molecule has 1 saturated heterocycles. The van der Waals surface area contributed by atoms with Gasteiger partial charge in [-0.1, -0.05) is 30.3 Å². The van der Waals surface area contributed by atoms with E-state index >= 15 is 0 Å². The highest BCUT2D eigenvalue weighted by Gasteiger charge is 2.36. The molecule has 0 radical (unpaired) electrons. The van der Waals surface area contributed by atoms with E-state index in [1.54, 1.807) is 16.8 Å². The van der Waals surface area contributed by atoms with Crippen LogP contribution in [0.1, 0.15) is 31.7 Å². The number of amides is 3. The molecule has 0 saturated carbocycles. The van der Waals surface area contributed by atoms with Crippen molar-refractivity contribution in [3.63, 3.8) is 0 Å². The van der Waals surface area contributed by atoms with Crippen LogP contribution in [-0.2, 0) is 20.9 Å². The SMILES string of the molecule is CCOC(=O)C1=NN(c2ccccc2)C(C(=O)NCc2cccc(NC(=O)N3CCCC3)c2)C1. The number of nitrogens with zero attached hydrogens (tertiary/aromatic N) is 3. The maximum absolute atomic E-state index is 13.1. The van der Waals surface area contributed by atoms with Crippen molar-refractivity contribution in [1.82, 2.24) is 10.2 Å². The summed E-state index contributed by atoms with van der Waals surface area (Å²) >= 11 is 0. The Morgan fingerprint density at radius 3 is 2.56 bits per heavy atom. The zero-order valence-corrected chi connectivity index (χ0v) is 19.2. The van der Waals surface area contributed by atoms with Gasteiger partial charge in [0.2, 0.25) is 5.91 Å². The third kappa shape index (κ3) is 5.54. The molecule has 2 aromatic carbocycles. The Hall–Kier alpha value is -3.88. The van der Waals surface area contributed by atoms with E-state index in [2.05, 4.69) is 15.7 Å². The van der Waals surface area contributed by atoms with Gasteiger partial charge in [-0.05, 0) is 49.6 Å². The summed E-state index contributed by atoms with van der Waals surface area (Å²) in [5.74, 6) is -0.765. The molecular formula is C25H29N5O4. The van der Waals surface area contributed by atoms with Gasteiger partial charge in [0.25, 0.3) is 0 Å². The lowest BCUT2D eigenvalue weighted by molar-refractivity contribution is -0.135. The van der Waals surface area contributed by atoms with E-state index in [0.29, 0.717) is 11.4 Å². The van der Waals surface area contributed by atoms with E-state index in [1.165, 1.54) is 0 Å². The summed E-state index contributed by atoms with van der Waals surface area (Å²) in [6.45, 7) is 3.80. The van der Waals surface area contributed by atoms with Crippen LogP contribution in [0, 0.1) is 0 Å². The second-order valence-corrected chi connectivity index (χ2v) is 8.21. The molecule has 4 rings (SSSR count). The third-order valence-corrected chi connectivity index (χ3v) is 5.78. The molecule has 2 aliphatic heterocycles. The highest BCUT2D eigenvalue weighted by atomic mass is 16.5. The zero-order chi connectivity index (χ0) is 23.9. The van der Waals surface area contributed by atoms with Crippen LogP contribution < -0.4 is 15.6 Å². The molecule has 0 bridgehead atoms. The van der Waals surface area contributed by atoms with Crippen LogP contribution in [0.25, 0.3) is 0 Å². The second-order valence-electron chi connectivity index (χ2n) is 8.21. The largest absolute Gasteiger partial charge is 0.461 e. The van der Waals surface area contributed by atoms with Crippen molar-refractivity contribution in [3.05, 3.63) is 60.2 Å². The Kier molecular flexibility index (Phi) is 7.41. The summed E-state index contributed by atoms with van der Waals surface area (Å²) in [5, 5.41) is 11.8. The molecule has 0 aliphatic carbocycles. The number of carbonyl (C=O) groups is 3. The number of para-hydroxylation sites is 1. The third-order valence-electron chi connectivity index (χ3n) is 5.78. The number of ether oxygens (including phenoxy) is 1. The fraction of sp³-hybridized carbons (Fsp3) is 0.360. The fourth-order valence-electron chi connectivity index (χ4n) is 4.06. The molecule has 1 unspecified atom stereocenters. The van der Waals surface area contributed by atoms with Crippen LogP contribution in [0.3, 0.4) is 0 Å². The maximum Gasteiger partial charge on any atom is 0.354 e. The minimum atomic E-state index is -0.667. The Labute approximate surface area is 198 Å². The second kappa shape index (κ2) is 10.8. The van der Waals surface area contributed by atoms with E-state index in [0.717, 1.165) is 31.5 Å². The molecule has 2 aliphatic rings. The zero-order valence-electron chi connectivity index (χ0n) is 19.2. The normalized spacial score (nSPS) is 17.3. The topological polar surface area (TPSA) is 103 Å². The van der Waals surface area contributed by atoms with Crippen molar-refractivity contribution >= 4 is 35.0 Å². The number of likely N-dealkylation sites (tertiary alicyclic amines) is 1. The summed E-state index contributed by atoms with van der Waals surface area (Å²) in [6, 6.07) is 15.9. The first-order valence-corrected chi connectivity index (χ1v) is 11.6. The minimum Gasteiger partial charge on any atom is -0.461 e. The van der Waals surface area contributed by atoms with Crippen LogP contribution in [0.2, 0.25) is 0 Å². The number of rotatable bonds is 7. The number of benzene rings is 2. The standard InChI is InChI=1S/C25H29N5O4/c1-2-34-24(32)21-16-22(30(28-21)20-11-4-3-5-12-20)23(31)26-17-18-9-8-10-19(15-18)27-25(33)29-13-6-7-14-29/h3-5,8-12,15,22H,2,6-7,13-14,16-17H2,1H3,(H,26,31)(H,27,33). The number of hydrazone groups is 1. The van der Waals surface area contributed by atoms with Crippen LogP contribution >= 0.6 is 0 Å². The quantitative estimate of drug-likeness (QED) is 0.614. The predicted molar refractivity (Wildman–Crippen MR) is 130 cm³/mol. The Bertz CT molecular complexity index is 1070. The number of hydrogen-bond donors (Lipinski definition) is 2. The van der Waals surface area contributed by atoms with Crippen molar-refractivity contribution < 1.29 is 19.1 Å². The number of anilines is 2. The van der Waals surface area contributed by atoms with Crippen LogP contribution in [-0.4, -0.2) is 54.3 Å². The maximum atomic E-state index is 13.1. The lowest BCUT2D eigenvalue weighted by Gasteiger charge is -2.22. The first kappa shape index (κ1) is 23.3. The van der Waals surface area contributed by atoms with Gasteiger partial charge in [0.15, 0.2) is 0 Å². The first-order valence-electron chi connectivity index (χ1n) is 11.6. The molecule has 178 valence electrons. The molecule has 34 heavy (non-hydrogen) atoms. The van der Waals surface area contributed by atoms with E-state index < -0.39 is 12.0 Å². The van der Waals surface area contributed by atoms with Gasteiger partial charge >= 0.3 is 12.0 Å². The first-order chi connectivity index (χ1) is 16.5. The average Bonchev–Trinajstić information content (AvgIpc) is 3.54. The fourth-order valence-corrected chi connectivity index (χ4v) is 4.06. The van der Waals surface area contributed by atoms with Gasteiger partial charge in [-0.25, -0.2) is 9.59 Å². The number of hydrogen-bond acceptors (Lipinski definition) is 6. The summed E-state index contributed by atoms with van der Waals surface area (Å²) in [6.07, 6.45) is 2.22. The molecule has 0 aromatic heterocycles. The molecule has 9 nitrogen and oxygen atoms in total. The summed E-state index contributed by atoms with van der Waals surface area (Å²) in [7, 11) is 0. The lowest BCUT2D eigenvalue weighted by atomic mass is 10.1. The molecule has 2 aromatic rings. The molecule has 3 amide bonds. The van der Waals surface area contributed by atoms with Gasteiger partial charge in [-0.15, -0.1) is 0 Å². The summed E-state index contributed by atoms with van der Waals surface area (Å²) < 4.78 is 5.08. The lowest BCUT2D eigenvalue weighted by Crippen LogP contribution is -2.42. The van der Waals surface area contributed by atoms with Gasteiger partial charge < -0.3 is 20.3 Å². The number of nitrogens with one attached hydrogen (secondary N) is 2. The van der Waals surface area contributed by atoms with Crippen molar-refractivity contribution in [2.24, 2.45) is 5.10 Å². The van der Waals surface area contributed by atoms with Crippen molar-refractivity contribution in [1.29, 1.82) is 0 Å². The molecular weight excluding hydrogens is 434 g/mol. The number of urea groups is 1. The van der Waals surface area contributed by atoms with Gasteiger partial charge in [-0.3, -0.25) is 9.80 Å².